The van der Waals surface area contributed by atoms with E-state index in [-0.39, 0.29) is 0 Å². The minimum Gasteiger partial charge on any atom is -0.481 e. The van der Waals surface area contributed by atoms with Crippen LogP contribution in [0.5, 0.6) is 5.75 Å². The molecule has 110 valence electrons. The van der Waals surface area contributed by atoms with Gasteiger partial charge in [0.1, 0.15) is 5.75 Å². The van der Waals surface area contributed by atoms with E-state index in [1.54, 1.807) is 24.3 Å². The Morgan fingerprint density at radius 2 is 1.80 bits per heavy atom. The summed E-state index contributed by atoms with van der Waals surface area (Å²) in [6, 6.07) is 5.51. The van der Waals surface area contributed by atoms with E-state index < -0.39 is 30.1 Å². The summed E-state index contributed by atoms with van der Waals surface area (Å²) in [6.45, 7) is 2.79. The van der Waals surface area contributed by atoms with Crippen LogP contribution < -0.4 is 10.1 Å². The van der Waals surface area contributed by atoms with Crippen molar-refractivity contribution in [2.45, 2.75) is 32.1 Å². The van der Waals surface area contributed by atoms with E-state index in [2.05, 4.69) is 21.2 Å². The second-order valence-electron chi connectivity index (χ2n) is 4.28. The van der Waals surface area contributed by atoms with Crippen LogP contribution in [-0.2, 0) is 9.59 Å². The lowest BCUT2D eigenvalue weighted by molar-refractivity contribution is -0.145. The normalized spacial score (nSPS) is 15.0. The first-order valence-corrected chi connectivity index (χ1v) is 6.74. The maximum Gasteiger partial charge on any atom is 0.328 e. The minimum absolute atomic E-state index is 0.486. The summed E-state index contributed by atoms with van der Waals surface area (Å²) in [7, 11) is 0. The molecule has 0 spiro atoms. The number of ether oxygens (including phenoxy) is 1. The summed E-state index contributed by atoms with van der Waals surface area (Å²) in [5, 5.41) is 20.4. The summed E-state index contributed by atoms with van der Waals surface area (Å²) in [6.07, 6.45) is -2.08. The molecule has 1 unspecified atom stereocenters. The maximum absolute atomic E-state index is 11.8. The number of benzene rings is 1. The molecule has 0 aliphatic rings. The number of amides is 1. The molecule has 0 heterocycles. The molecule has 1 amide bonds. The number of aliphatic carboxylic acids is 1. The molecule has 3 N–H and O–H groups in total. The summed E-state index contributed by atoms with van der Waals surface area (Å²) in [5.74, 6) is -1.43. The zero-order valence-electron chi connectivity index (χ0n) is 11.0. The Balaban J connectivity index is 2.62. The van der Waals surface area contributed by atoms with Gasteiger partial charge in [-0.2, -0.15) is 0 Å². The van der Waals surface area contributed by atoms with E-state index >= 15 is 0 Å². The van der Waals surface area contributed by atoms with Gasteiger partial charge in [0.15, 0.2) is 12.1 Å². The topological polar surface area (TPSA) is 95.9 Å². The predicted octanol–water partition coefficient (Wildman–Crippen LogP) is 1.17. The molecular weight excluding hydrogens is 330 g/mol. The third kappa shape index (κ3) is 4.82. The zero-order valence-corrected chi connectivity index (χ0v) is 12.6. The van der Waals surface area contributed by atoms with Crippen molar-refractivity contribution < 1.29 is 24.5 Å². The molecule has 0 saturated carbocycles. The van der Waals surface area contributed by atoms with Gasteiger partial charge in [-0.3, -0.25) is 4.79 Å². The average Bonchev–Trinajstić information content (AvgIpc) is 2.37. The molecule has 0 saturated heterocycles. The van der Waals surface area contributed by atoms with Gasteiger partial charge in [-0.05, 0) is 38.1 Å². The molecular formula is C13H16BrNO5. The maximum atomic E-state index is 11.8. The molecule has 1 aromatic rings. The summed E-state index contributed by atoms with van der Waals surface area (Å²) in [5.41, 5.74) is 0. The molecule has 0 fully saturated rings. The van der Waals surface area contributed by atoms with E-state index in [0.29, 0.717) is 5.75 Å². The number of rotatable bonds is 6. The predicted molar refractivity (Wildman–Crippen MR) is 75.5 cm³/mol. The molecule has 0 aliphatic carbocycles. The Hall–Kier alpha value is -1.60. The zero-order chi connectivity index (χ0) is 15.3. The van der Waals surface area contributed by atoms with Crippen molar-refractivity contribution in [1.29, 1.82) is 0 Å². The number of carboxylic acid groups (broad SMARTS) is 1. The molecule has 20 heavy (non-hydrogen) atoms. The van der Waals surface area contributed by atoms with Gasteiger partial charge in [-0.15, -0.1) is 0 Å². The molecule has 0 aliphatic heterocycles. The molecule has 0 radical (unpaired) electrons. The van der Waals surface area contributed by atoms with Gasteiger partial charge in [0, 0.05) is 4.47 Å². The first kappa shape index (κ1) is 16.5. The van der Waals surface area contributed by atoms with Crippen molar-refractivity contribution in [1.82, 2.24) is 5.32 Å². The first-order chi connectivity index (χ1) is 9.31. The fourth-order valence-corrected chi connectivity index (χ4v) is 1.69. The van der Waals surface area contributed by atoms with Crippen molar-refractivity contribution in [3.63, 3.8) is 0 Å². The van der Waals surface area contributed by atoms with Crippen molar-refractivity contribution in [2.75, 3.05) is 0 Å². The highest BCUT2D eigenvalue weighted by atomic mass is 79.9. The summed E-state index contributed by atoms with van der Waals surface area (Å²) < 4.78 is 6.26. The number of carbonyl (C=O) groups is 2. The van der Waals surface area contributed by atoms with Crippen molar-refractivity contribution >= 4 is 27.8 Å². The number of carboxylic acids is 1. The Morgan fingerprint density at radius 3 is 2.25 bits per heavy atom. The smallest absolute Gasteiger partial charge is 0.328 e. The van der Waals surface area contributed by atoms with E-state index in [9.17, 15) is 14.7 Å². The number of carbonyl (C=O) groups excluding carboxylic acids is 1. The highest BCUT2D eigenvalue weighted by molar-refractivity contribution is 9.10. The Labute approximate surface area is 124 Å². The van der Waals surface area contributed by atoms with E-state index in [1.807, 2.05) is 0 Å². The van der Waals surface area contributed by atoms with E-state index in [4.69, 9.17) is 9.84 Å². The molecule has 1 aromatic carbocycles. The molecule has 3 atom stereocenters. The SMILES string of the molecule is CC(Oc1ccc(Br)cc1)C(=O)N[C@H](C(=O)O)[C@@H](C)O. The number of hydrogen-bond donors (Lipinski definition) is 3. The standard InChI is InChI=1S/C13H16BrNO5/c1-7(16)11(13(18)19)15-12(17)8(2)20-10-5-3-9(14)4-6-10/h3-8,11,16H,1-2H3,(H,15,17)(H,18,19)/t7-,8?,11+/m1/s1. The molecule has 0 aromatic heterocycles. The van der Waals surface area contributed by atoms with Gasteiger partial charge in [0.25, 0.3) is 5.91 Å². The van der Waals surface area contributed by atoms with Crippen molar-refractivity contribution in [3.05, 3.63) is 28.7 Å². The largest absolute Gasteiger partial charge is 0.481 e. The highest BCUT2D eigenvalue weighted by Crippen LogP contribution is 2.17. The number of aliphatic hydroxyl groups excluding tert-OH is 1. The van der Waals surface area contributed by atoms with Crippen LogP contribution in [0.1, 0.15) is 13.8 Å². The van der Waals surface area contributed by atoms with Crippen LogP contribution in [0.3, 0.4) is 0 Å². The first-order valence-electron chi connectivity index (χ1n) is 5.94. The van der Waals surface area contributed by atoms with Gasteiger partial charge in [-0.25, -0.2) is 4.79 Å². The molecule has 0 bridgehead atoms. The van der Waals surface area contributed by atoms with Crippen LogP contribution in [0.25, 0.3) is 0 Å². The lowest BCUT2D eigenvalue weighted by Crippen LogP contribution is -2.51. The summed E-state index contributed by atoms with van der Waals surface area (Å²) >= 11 is 3.28. The lowest BCUT2D eigenvalue weighted by atomic mass is 10.2. The number of aliphatic hydroxyl groups is 1. The monoisotopic (exact) mass is 345 g/mol. The Kier molecular flexibility index (Phi) is 5.97. The Bertz CT molecular complexity index is 474. The third-order valence-electron chi connectivity index (χ3n) is 2.54. The van der Waals surface area contributed by atoms with Crippen LogP contribution in [0, 0.1) is 0 Å². The van der Waals surface area contributed by atoms with E-state index in [1.165, 1.54) is 13.8 Å². The van der Waals surface area contributed by atoms with Gasteiger partial charge in [0.2, 0.25) is 0 Å². The lowest BCUT2D eigenvalue weighted by Gasteiger charge is -2.20. The fourth-order valence-electron chi connectivity index (χ4n) is 1.43. The fraction of sp³-hybridized carbons (Fsp3) is 0.385. The van der Waals surface area contributed by atoms with Crippen LogP contribution >= 0.6 is 15.9 Å². The second kappa shape index (κ2) is 7.25. The summed E-state index contributed by atoms with van der Waals surface area (Å²) in [4.78, 5) is 22.7. The van der Waals surface area contributed by atoms with E-state index in [0.717, 1.165) is 4.47 Å². The second-order valence-corrected chi connectivity index (χ2v) is 5.19. The van der Waals surface area contributed by atoms with Gasteiger partial charge < -0.3 is 20.3 Å². The number of nitrogens with one attached hydrogen (secondary N) is 1. The quantitative estimate of drug-likeness (QED) is 0.719. The molecule has 6 nitrogen and oxygen atoms in total. The van der Waals surface area contributed by atoms with Crippen LogP contribution in [0.15, 0.2) is 28.7 Å². The van der Waals surface area contributed by atoms with Crippen molar-refractivity contribution in [3.8, 4) is 5.75 Å². The van der Waals surface area contributed by atoms with Gasteiger partial charge >= 0.3 is 5.97 Å². The van der Waals surface area contributed by atoms with Crippen LogP contribution in [0.2, 0.25) is 0 Å². The number of halogens is 1. The van der Waals surface area contributed by atoms with Crippen LogP contribution in [0.4, 0.5) is 0 Å². The minimum atomic E-state index is -1.36. The van der Waals surface area contributed by atoms with Crippen molar-refractivity contribution in [2.24, 2.45) is 0 Å². The average molecular weight is 346 g/mol. The van der Waals surface area contributed by atoms with Crippen LogP contribution in [-0.4, -0.2) is 40.3 Å². The highest BCUT2D eigenvalue weighted by Gasteiger charge is 2.27. The Morgan fingerprint density at radius 1 is 1.25 bits per heavy atom. The van der Waals surface area contributed by atoms with Gasteiger partial charge in [0.05, 0.1) is 6.10 Å². The molecule has 7 heteroatoms. The third-order valence-corrected chi connectivity index (χ3v) is 3.07. The molecule has 1 rings (SSSR count). The number of hydrogen-bond acceptors (Lipinski definition) is 4. The van der Waals surface area contributed by atoms with Gasteiger partial charge in [-0.1, -0.05) is 15.9 Å².